The van der Waals surface area contributed by atoms with E-state index in [1.165, 1.54) is 12.1 Å². The average molecular weight is 354 g/mol. The third-order valence-electron chi connectivity index (χ3n) is 4.31. The lowest BCUT2D eigenvalue weighted by Crippen LogP contribution is -2.20. The summed E-state index contributed by atoms with van der Waals surface area (Å²) in [5.41, 5.74) is 2.74. The van der Waals surface area contributed by atoms with Crippen LogP contribution in [0.2, 0.25) is 0 Å². The number of aromatic nitrogens is 2. The number of non-ortho nitro benzene ring substituents is 1. The molecule has 0 atom stereocenters. The summed E-state index contributed by atoms with van der Waals surface area (Å²) in [4.78, 5) is 15.3. The molecule has 0 fully saturated rings. The fourth-order valence-corrected chi connectivity index (χ4v) is 2.96. The van der Waals surface area contributed by atoms with E-state index in [-0.39, 0.29) is 10.6 Å². The smallest absolute Gasteiger partial charge is 0.271 e. The Morgan fingerprint density at radius 3 is 2.65 bits per heavy atom. The van der Waals surface area contributed by atoms with E-state index in [4.69, 9.17) is 4.74 Å². The Balaban J connectivity index is 1.97. The molecule has 1 aromatic heterocycles. The summed E-state index contributed by atoms with van der Waals surface area (Å²) in [7, 11) is 1.64. The Bertz CT molecular complexity index is 903. The van der Waals surface area contributed by atoms with Crippen molar-refractivity contribution in [3.63, 3.8) is 0 Å². The number of imidazole rings is 1. The van der Waals surface area contributed by atoms with E-state index in [0.717, 1.165) is 42.3 Å². The Hall–Kier alpha value is -2.93. The number of ether oxygens (including phenoxy) is 1. The molecule has 0 spiro atoms. The Kier molecular flexibility index (Phi) is 5.48. The van der Waals surface area contributed by atoms with Gasteiger partial charge in [-0.25, -0.2) is 4.98 Å². The number of hydrogen-bond acceptors (Lipinski definition) is 5. The lowest BCUT2D eigenvalue weighted by atomic mass is 10.1. The molecule has 2 aromatic carbocycles. The SMILES string of the molecule is CCNCCn1c(Cc2ccc(OC)cc2)nc2cc([N+](=O)[O-])ccc21. The van der Waals surface area contributed by atoms with Crippen molar-refractivity contribution >= 4 is 16.7 Å². The predicted octanol–water partition coefficient (Wildman–Crippen LogP) is 3.15. The summed E-state index contributed by atoms with van der Waals surface area (Å²) in [6.45, 7) is 4.53. The Morgan fingerprint density at radius 2 is 2.00 bits per heavy atom. The normalized spacial score (nSPS) is 11.0. The third-order valence-corrected chi connectivity index (χ3v) is 4.31. The summed E-state index contributed by atoms with van der Waals surface area (Å²) < 4.78 is 7.33. The van der Waals surface area contributed by atoms with Crippen molar-refractivity contribution in [3.05, 3.63) is 64.0 Å². The van der Waals surface area contributed by atoms with E-state index in [1.807, 2.05) is 24.3 Å². The predicted molar refractivity (Wildman–Crippen MR) is 101 cm³/mol. The molecule has 0 saturated heterocycles. The minimum atomic E-state index is -0.389. The van der Waals surface area contributed by atoms with Crippen LogP contribution in [0.4, 0.5) is 5.69 Å². The van der Waals surface area contributed by atoms with Gasteiger partial charge in [0.05, 0.1) is 23.1 Å². The van der Waals surface area contributed by atoms with Crippen LogP contribution in [0.5, 0.6) is 5.75 Å². The van der Waals surface area contributed by atoms with Crippen LogP contribution in [0.15, 0.2) is 42.5 Å². The van der Waals surface area contributed by atoms with E-state index in [2.05, 4.69) is 21.8 Å². The summed E-state index contributed by atoms with van der Waals surface area (Å²) >= 11 is 0. The summed E-state index contributed by atoms with van der Waals surface area (Å²) in [6, 6.07) is 12.7. The van der Waals surface area contributed by atoms with Gasteiger partial charge in [-0.3, -0.25) is 10.1 Å². The van der Waals surface area contributed by atoms with Crippen LogP contribution in [0.1, 0.15) is 18.3 Å². The molecule has 26 heavy (non-hydrogen) atoms. The minimum Gasteiger partial charge on any atom is -0.497 e. The van der Waals surface area contributed by atoms with Gasteiger partial charge in [-0.15, -0.1) is 0 Å². The number of benzene rings is 2. The molecular formula is C19H22N4O3. The monoisotopic (exact) mass is 354 g/mol. The first-order chi connectivity index (χ1) is 12.6. The second-order valence-electron chi connectivity index (χ2n) is 5.99. The number of nitro benzene ring substituents is 1. The molecule has 0 bridgehead atoms. The molecule has 0 radical (unpaired) electrons. The molecule has 3 aromatic rings. The molecule has 1 heterocycles. The highest BCUT2D eigenvalue weighted by Crippen LogP contribution is 2.23. The van der Waals surface area contributed by atoms with Gasteiger partial charge in [0.25, 0.3) is 5.69 Å². The topological polar surface area (TPSA) is 82.2 Å². The molecule has 3 rings (SSSR count). The van der Waals surface area contributed by atoms with Crippen LogP contribution >= 0.6 is 0 Å². The summed E-state index contributed by atoms with van der Waals surface area (Å²) in [6.07, 6.45) is 0.651. The number of nitro groups is 1. The molecule has 0 amide bonds. The number of likely N-dealkylation sites (N-methyl/N-ethyl adjacent to an activating group) is 1. The lowest BCUT2D eigenvalue weighted by molar-refractivity contribution is -0.384. The maximum absolute atomic E-state index is 11.0. The second kappa shape index (κ2) is 7.97. The van der Waals surface area contributed by atoms with Crippen molar-refractivity contribution in [2.75, 3.05) is 20.2 Å². The van der Waals surface area contributed by atoms with Gasteiger partial charge in [0.15, 0.2) is 0 Å². The first kappa shape index (κ1) is 17.9. The standard InChI is InChI=1S/C19H22N4O3/c1-3-20-10-11-22-18-9-6-15(23(24)25)13-17(18)21-19(22)12-14-4-7-16(26-2)8-5-14/h4-9,13,20H,3,10-12H2,1-2H3. The van der Waals surface area contributed by atoms with Gasteiger partial charge < -0.3 is 14.6 Å². The van der Waals surface area contributed by atoms with Crippen LogP contribution < -0.4 is 10.1 Å². The van der Waals surface area contributed by atoms with Gasteiger partial charge in [-0.1, -0.05) is 19.1 Å². The van der Waals surface area contributed by atoms with Crippen LogP contribution in [0.25, 0.3) is 11.0 Å². The highest BCUT2D eigenvalue weighted by atomic mass is 16.6. The highest BCUT2D eigenvalue weighted by molar-refractivity contribution is 5.78. The molecule has 0 aliphatic rings. The van der Waals surface area contributed by atoms with E-state index in [1.54, 1.807) is 13.2 Å². The third kappa shape index (κ3) is 3.83. The van der Waals surface area contributed by atoms with Gasteiger partial charge >= 0.3 is 0 Å². The Morgan fingerprint density at radius 1 is 1.23 bits per heavy atom. The molecule has 7 nitrogen and oxygen atoms in total. The second-order valence-corrected chi connectivity index (χ2v) is 5.99. The van der Waals surface area contributed by atoms with Crippen LogP contribution in [0, 0.1) is 10.1 Å². The number of nitrogens with zero attached hydrogens (tertiary/aromatic N) is 3. The molecule has 0 saturated carbocycles. The molecule has 0 aliphatic heterocycles. The number of methoxy groups -OCH3 is 1. The van der Waals surface area contributed by atoms with Gasteiger partial charge in [0.2, 0.25) is 0 Å². The van der Waals surface area contributed by atoms with Crippen molar-refractivity contribution in [3.8, 4) is 5.75 Å². The van der Waals surface area contributed by atoms with Crippen LogP contribution in [0.3, 0.4) is 0 Å². The molecular weight excluding hydrogens is 332 g/mol. The quantitative estimate of drug-likeness (QED) is 0.382. The number of fused-ring (bicyclic) bond motifs is 1. The zero-order valence-electron chi connectivity index (χ0n) is 14.9. The highest BCUT2D eigenvalue weighted by Gasteiger charge is 2.15. The fraction of sp³-hybridized carbons (Fsp3) is 0.316. The van der Waals surface area contributed by atoms with Gasteiger partial charge in [-0.2, -0.15) is 0 Å². The van der Waals surface area contributed by atoms with E-state index < -0.39 is 0 Å². The van der Waals surface area contributed by atoms with Gasteiger partial charge in [0.1, 0.15) is 11.6 Å². The maximum atomic E-state index is 11.0. The van der Waals surface area contributed by atoms with Crippen molar-refractivity contribution < 1.29 is 9.66 Å². The van der Waals surface area contributed by atoms with Crippen molar-refractivity contribution in [1.82, 2.24) is 14.9 Å². The largest absolute Gasteiger partial charge is 0.497 e. The maximum Gasteiger partial charge on any atom is 0.271 e. The average Bonchev–Trinajstić information content (AvgIpc) is 2.99. The van der Waals surface area contributed by atoms with E-state index >= 15 is 0 Å². The first-order valence-electron chi connectivity index (χ1n) is 8.59. The Labute approximate surface area is 151 Å². The zero-order valence-corrected chi connectivity index (χ0v) is 14.9. The van der Waals surface area contributed by atoms with Gasteiger partial charge in [0, 0.05) is 31.6 Å². The summed E-state index contributed by atoms with van der Waals surface area (Å²) in [5, 5.41) is 14.4. The number of nitrogens with one attached hydrogen (secondary N) is 1. The molecule has 136 valence electrons. The zero-order chi connectivity index (χ0) is 18.5. The van der Waals surface area contributed by atoms with E-state index in [9.17, 15) is 10.1 Å². The minimum absolute atomic E-state index is 0.0600. The molecule has 0 unspecified atom stereocenters. The first-order valence-corrected chi connectivity index (χ1v) is 8.59. The number of rotatable bonds is 8. The van der Waals surface area contributed by atoms with Crippen molar-refractivity contribution in [2.24, 2.45) is 0 Å². The van der Waals surface area contributed by atoms with Crippen LogP contribution in [-0.2, 0) is 13.0 Å². The van der Waals surface area contributed by atoms with Crippen molar-refractivity contribution in [1.29, 1.82) is 0 Å². The van der Waals surface area contributed by atoms with Crippen molar-refractivity contribution in [2.45, 2.75) is 19.9 Å². The molecule has 7 heteroatoms. The van der Waals surface area contributed by atoms with Crippen LogP contribution in [-0.4, -0.2) is 34.7 Å². The lowest BCUT2D eigenvalue weighted by Gasteiger charge is -2.10. The molecule has 0 aliphatic carbocycles. The fourth-order valence-electron chi connectivity index (χ4n) is 2.96. The summed E-state index contributed by atoms with van der Waals surface area (Å²) in [5.74, 6) is 1.70. The van der Waals surface area contributed by atoms with E-state index in [0.29, 0.717) is 11.9 Å². The van der Waals surface area contributed by atoms with Gasteiger partial charge in [-0.05, 0) is 30.3 Å². The number of hydrogen-bond donors (Lipinski definition) is 1. The molecule has 1 N–H and O–H groups in total.